The first-order valence-corrected chi connectivity index (χ1v) is 2.38. The normalized spacial score (nSPS) is 7.50. The minimum Gasteiger partial charge on any atom is -0.760 e. The third-order valence-electron chi connectivity index (χ3n) is 0.638. The van der Waals surface area contributed by atoms with Crippen molar-refractivity contribution in [3.05, 3.63) is 24.4 Å². The van der Waals surface area contributed by atoms with Gasteiger partial charge in [0.25, 0.3) is 0 Å². The Morgan fingerprint density at radius 3 is 2.38 bits per heavy atom. The van der Waals surface area contributed by atoms with Crippen molar-refractivity contribution in [1.82, 2.24) is 4.98 Å². The first-order valence-electron chi connectivity index (χ1n) is 1.97. The Bertz CT molecular complexity index is 142. The summed E-state index contributed by atoms with van der Waals surface area (Å²) in [4.78, 5) is 3.79. The van der Waals surface area contributed by atoms with Crippen LogP contribution < -0.4 is 51.4 Å². The van der Waals surface area contributed by atoms with E-state index < -0.39 is 0 Å². The summed E-state index contributed by atoms with van der Waals surface area (Å²) >= 11 is 4.70. The third kappa shape index (κ3) is 3.12. The van der Waals surface area contributed by atoms with Crippen molar-refractivity contribution in [3.8, 4) is 0 Å². The molecule has 1 aromatic heterocycles. The molecule has 36 valence electrons. The van der Waals surface area contributed by atoms with Crippen LogP contribution in [0.15, 0.2) is 29.4 Å². The van der Waals surface area contributed by atoms with Crippen LogP contribution in [-0.2, 0) is 12.6 Å². The maximum Gasteiger partial charge on any atom is 1.00 e. The van der Waals surface area contributed by atoms with Crippen molar-refractivity contribution in [3.63, 3.8) is 0 Å². The minimum absolute atomic E-state index is 0. The van der Waals surface area contributed by atoms with E-state index in [1.54, 1.807) is 12.3 Å². The predicted octanol–water partition coefficient (Wildman–Crippen LogP) is -2.01. The van der Waals surface area contributed by atoms with Crippen LogP contribution in [0.5, 0.6) is 0 Å². The summed E-state index contributed by atoms with van der Waals surface area (Å²) in [5, 5.41) is 0.655. The molecule has 0 unspecified atom stereocenters. The summed E-state index contributed by atoms with van der Waals surface area (Å²) in [5.41, 5.74) is 0. The quantitative estimate of drug-likeness (QED) is 0.312. The van der Waals surface area contributed by atoms with Crippen molar-refractivity contribution >= 4 is 12.6 Å². The molecular weight excluding hydrogens is 145 g/mol. The van der Waals surface area contributed by atoms with E-state index in [2.05, 4.69) is 4.98 Å². The van der Waals surface area contributed by atoms with E-state index in [4.69, 9.17) is 12.6 Å². The second-order valence-corrected chi connectivity index (χ2v) is 1.59. The fourth-order valence-electron chi connectivity index (χ4n) is 0.347. The minimum atomic E-state index is 0. The van der Waals surface area contributed by atoms with E-state index in [1.165, 1.54) is 0 Å². The van der Waals surface area contributed by atoms with Crippen LogP contribution in [0.25, 0.3) is 0 Å². The summed E-state index contributed by atoms with van der Waals surface area (Å²) in [6, 6.07) is 5.50. The molecule has 0 aliphatic heterocycles. The van der Waals surface area contributed by atoms with Crippen LogP contribution in [0.3, 0.4) is 0 Å². The van der Waals surface area contributed by atoms with Gasteiger partial charge in [-0.05, 0) is 6.07 Å². The molecule has 0 fully saturated rings. The second kappa shape index (κ2) is 4.85. The Kier molecular flexibility index (Phi) is 5.45. The summed E-state index contributed by atoms with van der Waals surface area (Å²) < 4.78 is 0. The van der Waals surface area contributed by atoms with Crippen LogP contribution >= 0.6 is 0 Å². The van der Waals surface area contributed by atoms with Crippen LogP contribution in [0, 0.1) is 0 Å². The predicted molar refractivity (Wildman–Crippen MR) is 29.9 cm³/mol. The third-order valence-corrected chi connectivity index (χ3v) is 0.879. The van der Waals surface area contributed by atoms with Crippen molar-refractivity contribution in [2.24, 2.45) is 0 Å². The van der Waals surface area contributed by atoms with Gasteiger partial charge in [0.15, 0.2) is 0 Å². The number of rotatable bonds is 0. The van der Waals surface area contributed by atoms with Crippen molar-refractivity contribution in [2.75, 3.05) is 0 Å². The van der Waals surface area contributed by atoms with E-state index in [0.717, 1.165) is 0 Å². The Balaban J connectivity index is 0.000000490. The Morgan fingerprint density at radius 2 is 2.12 bits per heavy atom. The summed E-state index contributed by atoms with van der Waals surface area (Å²) in [6.45, 7) is 0. The van der Waals surface area contributed by atoms with Gasteiger partial charge in [-0.2, -0.15) is 0 Å². The molecule has 8 heavy (non-hydrogen) atoms. The van der Waals surface area contributed by atoms with Crippen LogP contribution in [0.1, 0.15) is 0 Å². The second-order valence-electron chi connectivity index (χ2n) is 1.17. The first-order chi connectivity index (χ1) is 3.39. The van der Waals surface area contributed by atoms with E-state index in [0.29, 0.717) is 5.03 Å². The molecule has 1 heterocycles. The molecule has 0 aliphatic rings. The molecular formula is C5H4KNS. The number of hydrogen-bond acceptors (Lipinski definition) is 2. The molecule has 0 spiro atoms. The molecule has 1 nitrogen and oxygen atoms in total. The zero-order valence-electron chi connectivity index (χ0n) is 4.66. The molecule has 0 aliphatic carbocycles. The molecule has 0 bridgehead atoms. The van der Waals surface area contributed by atoms with E-state index in [1.807, 2.05) is 12.1 Å². The van der Waals surface area contributed by atoms with E-state index in [-0.39, 0.29) is 51.4 Å². The topological polar surface area (TPSA) is 12.9 Å². The van der Waals surface area contributed by atoms with Crippen molar-refractivity contribution in [2.45, 2.75) is 5.03 Å². The van der Waals surface area contributed by atoms with Gasteiger partial charge in [-0.3, -0.25) is 4.98 Å². The van der Waals surface area contributed by atoms with Crippen LogP contribution in [0.2, 0.25) is 0 Å². The number of hydrogen-bond donors (Lipinski definition) is 0. The average molecular weight is 149 g/mol. The monoisotopic (exact) mass is 149 g/mol. The zero-order chi connectivity index (χ0) is 5.11. The Labute approximate surface area is 96.7 Å². The fraction of sp³-hybridized carbons (Fsp3) is 0. The van der Waals surface area contributed by atoms with Gasteiger partial charge >= 0.3 is 51.4 Å². The van der Waals surface area contributed by atoms with Crippen molar-refractivity contribution < 1.29 is 51.4 Å². The molecule has 0 amide bonds. The zero-order valence-corrected chi connectivity index (χ0v) is 8.60. The van der Waals surface area contributed by atoms with E-state index in [9.17, 15) is 0 Å². The standard InChI is InChI=1S/C5H5NS.K/c7-5-3-1-2-4-6-5;/h1-4H,(H,6,7);/q;+1/p-1. The van der Waals surface area contributed by atoms with Crippen LogP contribution in [0.4, 0.5) is 0 Å². The summed E-state index contributed by atoms with van der Waals surface area (Å²) in [7, 11) is 0. The molecule has 0 saturated carbocycles. The fourth-order valence-corrected chi connectivity index (χ4v) is 0.487. The average Bonchev–Trinajstić information content (AvgIpc) is 1.69. The number of nitrogens with zero attached hydrogens (tertiary/aromatic N) is 1. The van der Waals surface area contributed by atoms with Gasteiger partial charge in [0, 0.05) is 6.20 Å². The number of aromatic nitrogens is 1. The van der Waals surface area contributed by atoms with Gasteiger partial charge in [-0.1, -0.05) is 17.2 Å². The molecule has 1 aromatic rings. The smallest absolute Gasteiger partial charge is 0.760 e. The summed E-state index contributed by atoms with van der Waals surface area (Å²) in [5.74, 6) is 0. The summed E-state index contributed by atoms with van der Waals surface area (Å²) in [6.07, 6.45) is 1.68. The molecule has 0 N–H and O–H groups in total. The van der Waals surface area contributed by atoms with Gasteiger partial charge in [-0.25, -0.2) is 0 Å². The van der Waals surface area contributed by atoms with Crippen molar-refractivity contribution in [1.29, 1.82) is 0 Å². The van der Waals surface area contributed by atoms with Gasteiger partial charge < -0.3 is 12.6 Å². The van der Waals surface area contributed by atoms with E-state index >= 15 is 0 Å². The van der Waals surface area contributed by atoms with Crippen LogP contribution in [-0.4, -0.2) is 4.98 Å². The SMILES string of the molecule is [K+].[S-]c1ccccn1. The molecule has 1 rings (SSSR count). The maximum absolute atomic E-state index is 4.70. The van der Waals surface area contributed by atoms with Gasteiger partial charge in [-0.15, -0.1) is 0 Å². The molecule has 0 aromatic carbocycles. The molecule has 0 saturated heterocycles. The molecule has 3 heteroatoms. The van der Waals surface area contributed by atoms with Gasteiger partial charge in [0.1, 0.15) is 0 Å². The molecule has 0 atom stereocenters. The Hall–Kier alpha value is 1.01. The Morgan fingerprint density at radius 1 is 1.38 bits per heavy atom. The molecule has 0 radical (unpaired) electrons. The maximum atomic E-state index is 4.70. The number of pyridine rings is 1. The first kappa shape index (κ1) is 9.01. The largest absolute Gasteiger partial charge is 1.00 e. The van der Waals surface area contributed by atoms with Gasteiger partial charge in [0.2, 0.25) is 0 Å². The van der Waals surface area contributed by atoms with Gasteiger partial charge in [0.05, 0.1) is 0 Å².